The van der Waals surface area contributed by atoms with E-state index in [9.17, 15) is 19.8 Å². The van der Waals surface area contributed by atoms with Crippen molar-refractivity contribution in [3.05, 3.63) is 12.2 Å². The molecule has 0 radical (unpaired) electrons. The molecule has 61 heavy (non-hydrogen) atoms. The minimum Gasteiger partial charge on any atom is -0.462 e. The zero-order valence-electron chi connectivity index (χ0n) is 41.3. The molecule has 0 aliphatic carbocycles. The third-order valence-corrected chi connectivity index (χ3v) is 12.8. The topological polar surface area (TPSA) is 95.9 Å². The number of ether oxygens (including phenoxy) is 1. The summed E-state index contributed by atoms with van der Waals surface area (Å²) in [4.78, 5) is 26.2. The average Bonchev–Trinajstić information content (AvgIpc) is 3.25. The number of allylic oxidation sites excluding steroid dienone is 2. The first-order valence-electron chi connectivity index (χ1n) is 27.4. The second kappa shape index (κ2) is 49.6. The summed E-state index contributed by atoms with van der Waals surface area (Å²) < 4.78 is 5.95. The lowest BCUT2D eigenvalue weighted by atomic mass is 10.0. The number of amides is 1. The van der Waals surface area contributed by atoms with E-state index < -0.39 is 18.2 Å². The van der Waals surface area contributed by atoms with E-state index in [1.807, 2.05) is 0 Å². The van der Waals surface area contributed by atoms with Crippen molar-refractivity contribution < 1.29 is 24.5 Å². The lowest BCUT2D eigenvalue weighted by molar-refractivity contribution is -0.151. The van der Waals surface area contributed by atoms with Crippen LogP contribution in [0, 0.1) is 0 Å². The SMILES string of the molecule is CCCCCCCCCCC/C=C/CCCCCCCC(=O)OC(CCCCCCCCCCCCCCC)CC(=O)NC(CO)C(O)CCCCCCCCCCCCC. The molecule has 362 valence electrons. The van der Waals surface area contributed by atoms with Crippen LogP contribution in [-0.4, -0.2) is 46.9 Å². The van der Waals surface area contributed by atoms with Gasteiger partial charge in [0.2, 0.25) is 5.91 Å². The molecule has 0 aliphatic rings. The Morgan fingerprint density at radius 3 is 1.16 bits per heavy atom. The van der Waals surface area contributed by atoms with Gasteiger partial charge in [-0.25, -0.2) is 0 Å². The van der Waals surface area contributed by atoms with Crippen molar-refractivity contribution in [1.29, 1.82) is 0 Å². The highest BCUT2D eigenvalue weighted by molar-refractivity contribution is 5.77. The van der Waals surface area contributed by atoms with E-state index in [2.05, 4.69) is 38.2 Å². The maximum atomic E-state index is 13.2. The van der Waals surface area contributed by atoms with Crippen LogP contribution in [0.15, 0.2) is 12.2 Å². The van der Waals surface area contributed by atoms with Crippen LogP contribution in [0.1, 0.15) is 303 Å². The Bertz CT molecular complexity index is 924. The fourth-order valence-corrected chi connectivity index (χ4v) is 8.66. The first-order valence-corrected chi connectivity index (χ1v) is 27.4. The number of aliphatic hydroxyl groups is 2. The van der Waals surface area contributed by atoms with E-state index in [0.29, 0.717) is 19.3 Å². The monoisotopic (exact) mass is 862 g/mol. The van der Waals surface area contributed by atoms with Crippen molar-refractivity contribution in [1.82, 2.24) is 5.32 Å². The molecule has 0 aromatic heterocycles. The summed E-state index contributed by atoms with van der Waals surface area (Å²) in [6.07, 6.45) is 55.6. The van der Waals surface area contributed by atoms with Crippen molar-refractivity contribution in [2.75, 3.05) is 6.61 Å². The van der Waals surface area contributed by atoms with E-state index in [0.717, 1.165) is 51.4 Å². The minimum atomic E-state index is -0.782. The van der Waals surface area contributed by atoms with Crippen molar-refractivity contribution >= 4 is 11.9 Å². The molecule has 0 saturated heterocycles. The highest BCUT2D eigenvalue weighted by atomic mass is 16.5. The van der Waals surface area contributed by atoms with E-state index in [1.165, 1.54) is 205 Å². The van der Waals surface area contributed by atoms with Gasteiger partial charge in [0.25, 0.3) is 0 Å². The van der Waals surface area contributed by atoms with Crippen molar-refractivity contribution in [3.8, 4) is 0 Å². The van der Waals surface area contributed by atoms with Gasteiger partial charge < -0.3 is 20.3 Å². The van der Waals surface area contributed by atoms with Gasteiger partial charge in [-0.2, -0.15) is 0 Å². The second-order valence-electron chi connectivity index (χ2n) is 19.0. The molecule has 0 heterocycles. The smallest absolute Gasteiger partial charge is 0.306 e. The molecule has 6 heteroatoms. The Balaban J connectivity index is 4.50. The molecular formula is C55H107NO5. The Labute approximate surface area is 380 Å². The Hall–Kier alpha value is -1.40. The van der Waals surface area contributed by atoms with Crippen LogP contribution in [0.5, 0.6) is 0 Å². The summed E-state index contributed by atoms with van der Waals surface area (Å²) in [5.74, 6) is -0.464. The molecule has 0 spiro atoms. The first kappa shape index (κ1) is 59.6. The molecule has 0 bridgehead atoms. The van der Waals surface area contributed by atoms with Gasteiger partial charge in [-0.15, -0.1) is 0 Å². The Kier molecular flexibility index (Phi) is 48.5. The van der Waals surface area contributed by atoms with Crippen LogP contribution >= 0.6 is 0 Å². The van der Waals surface area contributed by atoms with Gasteiger partial charge in [-0.1, -0.05) is 251 Å². The van der Waals surface area contributed by atoms with Gasteiger partial charge in [-0.05, 0) is 51.4 Å². The Morgan fingerprint density at radius 1 is 0.459 bits per heavy atom. The predicted octanol–water partition coefficient (Wildman–Crippen LogP) is 16.5. The third kappa shape index (κ3) is 45.0. The number of aliphatic hydroxyl groups excluding tert-OH is 2. The number of hydrogen-bond donors (Lipinski definition) is 3. The number of unbranched alkanes of at least 4 members (excludes halogenated alkanes) is 36. The predicted molar refractivity (Wildman–Crippen MR) is 264 cm³/mol. The second-order valence-corrected chi connectivity index (χ2v) is 19.0. The van der Waals surface area contributed by atoms with Gasteiger partial charge in [0.15, 0.2) is 0 Å². The number of nitrogens with one attached hydrogen (secondary N) is 1. The van der Waals surface area contributed by atoms with E-state index >= 15 is 0 Å². The van der Waals surface area contributed by atoms with Crippen molar-refractivity contribution in [2.24, 2.45) is 0 Å². The summed E-state index contributed by atoms with van der Waals surface area (Å²) in [5, 5.41) is 23.8. The van der Waals surface area contributed by atoms with Crippen LogP contribution in [0.4, 0.5) is 0 Å². The largest absolute Gasteiger partial charge is 0.462 e. The van der Waals surface area contributed by atoms with Crippen molar-refractivity contribution in [3.63, 3.8) is 0 Å². The van der Waals surface area contributed by atoms with E-state index in [1.54, 1.807) is 0 Å². The summed E-state index contributed by atoms with van der Waals surface area (Å²) in [6, 6.07) is -0.696. The number of rotatable bonds is 50. The molecule has 1 amide bonds. The molecule has 0 aromatic rings. The molecular weight excluding hydrogens is 755 g/mol. The lowest BCUT2D eigenvalue weighted by Crippen LogP contribution is -2.46. The maximum absolute atomic E-state index is 13.2. The summed E-state index contributed by atoms with van der Waals surface area (Å²) in [6.45, 7) is 6.50. The zero-order chi connectivity index (χ0) is 44.5. The summed E-state index contributed by atoms with van der Waals surface area (Å²) in [7, 11) is 0. The normalized spacial score (nSPS) is 13.2. The molecule has 0 aromatic carbocycles. The summed E-state index contributed by atoms with van der Waals surface area (Å²) >= 11 is 0. The Morgan fingerprint density at radius 2 is 0.787 bits per heavy atom. The van der Waals surface area contributed by atoms with Crippen LogP contribution < -0.4 is 5.32 Å². The number of carbonyl (C=O) groups excluding carboxylic acids is 2. The molecule has 0 saturated carbocycles. The number of carbonyl (C=O) groups is 2. The highest BCUT2D eigenvalue weighted by Crippen LogP contribution is 2.19. The number of hydrogen-bond acceptors (Lipinski definition) is 5. The molecule has 0 rings (SSSR count). The third-order valence-electron chi connectivity index (χ3n) is 12.8. The quantitative estimate of drug-likeness (QED) is 0.0322. The lowest BCUT2D eigenvalue weighted by Gasteiger charge is -2.24. The standard InChI is InChI=1S/C55H107NO5/c1-4-7-10-13-16-19-22-24-25-26-27-28-30-33-36-39-42-45-48-55(60)61-51(46-43-40-37-34-32-29-23-20-17-14-11-8-5-2)49-54(59)56-52(50-57)53(58)47-44-41-38-35-31-21-18-15-12-9-6-3/h27-28,51-53,57-58H,4-26,29-50H2,1-3H3,(H,56,59)/b28-27+. The molecule has 6 nitrogen and oxygen atoms in total. The molecule has 3 unspecified atom stereocenters. The van der Waals surface area contributed by atoms with Gasteiger partial charge >= 0.3 is 5.97 Å². The fourth-order valence-electron chi connectivity index (χ4n) is 8.66. The zero-order valence-corrected chi connectivity index (χ0v) is 41.3. The van der Waals surface area contributed by atoms with E-state index in [-0.39, 0.29) is 24.9 Å². The average molecular weight is 862 g/mol. The van der Waals surface area contributed by atoms with Gasteiger partial charge in [0.05, 0.1) is 25.2 Å². The number of esters is 1. The molecule has 3 atom stereocenters. The van der Waals surface area contributed by atoms with Crippen LogP contribution in [0.2, 0.25) is 0 Å². The van der Waals surface area contributed by atoms with Gasteiger partial charge in [-0.3, -0.25) is 9.59 Å². The summed E-state index contributed by atoms with van der Waals surface area (Å²) in [5.41, 5.74) is 0. The first-order chi connectivity index (χ1) is 30.0. The fraction of sp³-hybridized carbons (Fsp3) is 0.927. The van der Waals surface area contributed by atoms with Crippen LogP contribution in [0.25, 0.3) is 0 Å². The van der Waals surface area contributed by atoms with E-state index in [4.69, 9.17) is 4.74 Å². The molecule has 0 aliphatic heterocycles. The molecule has 3 N–H and O–H groups in total. The van der Waals surface area contributed by atoms with Crippen LogP contribution in [0.3, 0.4) is 0 Å². The van der Waals surface area contributed by atoms with Gasteiger partial charge in [0.1, 0.15) is 6.10 Å². The molecule has 0 fully saturated rings. The van der Waals surface area contributed by atoms with Gasteiger partial charge in [0, 0.05) is 6.42 Å². The minimum absolute atomic E-state index is 0.0817. The van der Waals surface area contributed by atoms with Crippen LogP contribution in [-0.2, 0) is 14.3 Å². The highest BCUT2D eigenvalue weighted by Gasteiger charge is 2.24. The maximum Gasteiger partial charge on any atom is 0.306 e. The van der Waals surface area contributed by atoms with Crippen molar-refractivity contribution in [2.45, 2.75) is 322 Å².